The van der Waals surface area contributed by atoms with Crippen molar-refractivity contribution in [3.8, 4) is 44.5 Å². The van der Waals surface area contributed by atoms with E-state index in [0.29, 0.717) is 5.92 Å². The molecule has 1 heteroatoms. The van der Waals surface area contributed by atoms with E-state index < -0.39 is 0 Å². The second kappa shape index (κ2) is 14.1. The highest BCUT2D eigenvalue weighted by atomic mass is 15.1. The number of fused-ring (bicyclic) bond motifs is 6. The van der Waals surface area contributed by atoms with Gasteiger partial charge in [0.25, 0.3) is 0 Å². The van der Waals surface area contributed by atoms with Gasteiger partial charge in [-0.15, -0.1) is 0 Å². The molecule has 2 aliphatic carbocycles. The van der Waals surface area contributed by atoms with Crippen LogP contribution < -0.4 is 4.90 Å². The van der Waals surface area contributed by atoms with Gasteiger partial charge in [0, 0.05) is 27.9 Å². The number of rotatable bonds is 8. The Bertz CT molecular complexity index is 2670. The van der Waals surface area contributed by atoms with E-state index in [4.69, 9.17) is 0 Å². The Hall–Kier alpha value is -6.18. The maximum atomic E-state index is 2.54. The average Bonchev–Trinajstić information content (AvgIpc) is 3.60. The van der Waals surface area contributed by atoms with E-state index in [1.165, 1.54) is 77.9 Å². The monoisotopic (exact) mass is 737 g/mol. The fourth-order valence-electron chi connectivity index (χ4n) is 9.34. The maximum absolute atomic E-state index is 2.54. The van der Waals surface area contributed by atoms with Gasteiger partial charge in [-0.25, -0.2) is 0 Å². The Balaban J connectivity index is 1.25. The summed E-state index contributed by atoms with van der Waals surface area (Å²) in [6, 6.07) is 58.8. The van der Waals surface area contributed by atoms with Gasteiger partial charge in [-0.05, 0) is 139 Å². The second-order valence-corrected chi connectivity index (χ2v) is 17.2. The highest BCUT2D eigenvalue weighted by Gasteiger charge is 2.43. The quantitative estimate of drug-likeness (QED) is 0.140. The van der Waals surface area contributed by atoms with Crippen LogP contribution in [0, 0.1) is 5.92 Å². The number of allylic oxidation sites excluding steroid dienone is 4. The second-order valence-electron chi connectivity index (χ2n) is 17.2. The molecule has 0 amide bonds. The zero-order chi connectivity index (χ0) is 39.5. The lowest BCUT2D eigenvalue weighted by Gasteiger charge is -2.29. The molecule has 0 radical (unpaired) electrons. The van der Waals surface area contributed by atoms with Gasteiger partial charge in [0.05, 0.1) is 0 Å². The molecule has 7 aromatic carbocycles. The van der Waals surface area contributed by atoms with Crippen LogP contribution in [-0.2, 0) is 10.8 Å². The molecule has 0 saturated carbocycles. The van der Waals surface area contributed by atoms with Crippen molar-refractivity contribution in [1.82, 2.24) is 0 Å². The van der Waals surface area contributed by atoms with Crippen molar-refractivity contribution in [1.29, 1.82) is 0 Å². The summed E-state index contributed by atoms with van der Waals surface area (Å²) in [6.45, 7) is 16.2. The molecule has 1 nitrogen and oxygen atoms in total. The van der Waals surface area contributed by atoms with Crippen LogP contribution in [0.2, 0.25) is 0 Å². The third-order valence-electron chi connectivity index (χ3n) is 12.5. The Morgan fingerprint density at radius 1 is 0.474 bits per heavy atom. The van der Waals surface area contributed by atoms with Crippen molar-refractivity contribution in [3.05, 3.63) is 204 Å². The van der Waals surface area contributed by atoms with Crippen LogP contribution in [0.5, 0.6) is 0 Å². The van der Waals surface area contributed by atoms with Crippen LogP contribution >= 0.6 is 0 Å². The highest BCUT2D eigenvalue weighted by Crippen LogP contribution is 2.59. The molecule has 2 aliphatic rings. The van der Waals surface area contributed by atoms with Gasteiger partial charge < -0.3 is 4.90 Å². The molecule has 0 N–H and O–H groups in total. The number of hydrogen-bond donors (Lipinski definition) is 0. The van der Waals surface area contributed by atoms with Gasteiger partial charge >= 0.3 is 0 Å². The fourth-order valence-corrected chi connectivity index (χ4v) is 9.34. The summed E-state index contributed by atoms with van der Waals surface area (Å²) in [5.41, 5.74) is 21.5. The molecule has 0 aromatic heterocycles. The van der Waals surface area contributed by atoms with Crippen LogP contribution in [0.4, 0.5) is 17.1 Å². The molecule has 9 rings (SSSR count). The van der Waals surface area contributed by atoms with E-state index in [1.54, 1.807) is 0 Å². The van der Waals surface area contributed by atoms with Gasteiger partial charge in [0.15, 0.2) is 0 Å². The van der Waals surface area contributed by atoms with Crippen molar-refractivity contribution in [2.75, 3.05) is 4.90 Å². The average molecular weight is 738 g/mol. The summed E-state index contributed by atoms with van der Waals surface area (Å²) in [5, 5.41) is 0. The normalized spacial score (nSPS) is 14.7. The van der Waals surface area contributed by atoms with E-state index >= 15 is 0 Å². The first-order valence-electron chi connectivity index (χ1n) is 20.5. The number of hydrogen-bond acceptors (Lipinski definition) is 1. The number of nitrogens with zero attached hydrogens (tertiary/aromatic N) is 1. The fraction of sp³-hybridized carbons (Fsp3) is 0.179. The zero-order valence-corrected chi connectivity index (χ0v) is 34.3. The minimum absolute atomic E-state index is 0.0764. The summed E-state index contributed by atoms with van der Waals surface area (Å²) in [4.78, 5) is 2.45. The van der Waals surface area contributed by atoms with Crippen LogP contribution in [-0.4, -0.2) is 0 Å². The topological polar surface area (TPSA) is 3.24 Å². The van der Waals surface area contributed by atoms with E-state index in [9.17, 15) is 0 Å². The molecule has 0 unspecified atom stereocenters. The van der Waals surface area contributed by atoms with Gasteiger partial charge in [-0.1, -0.05) is 169 Å². The molecule has 0 aliphatic heterocycles. The minimum Gasteiger partial charge on any atom is -0.310 e. The first-order chi connectivity index (χ1) is 27.6. The molecule has 0 fully saturated rings. The van der Waals surface area contributed by atoms with Gasteiger partial charge in [-0.2, -0.15) is 0 Å². The molecule has 0 spiro atoms. The van der Waals surface area contributed by atoms with Crippen LogP contribution in [0.3, 0.4) is 0 Å². The Labute approximate surface area is 339 Å². The lowest BCUT2D eigenvalue weighted by molar-refractivity contribution is 0.652. The predicted octanol–water partition coefficient (Wildman–Crippen LogP) is 15.7. The summed E-state index contributed by atoms with van der Waals surface area (Å²) in [6.07, 6.45) is 6.73. The molecule has 7 aromatic rings. The Morgan fingerprint density at radius 3 is 1.67 bits per heavy atom. The molecular weight excluding hydrogens is 687 g/mol. The van der Waals surface area contributed by atoms with Crippen molar-refractivity contribution >= 4 is 22.6 Å². The lowest BCUT2D eigenvalue weighted by atomic mass is 9.79. The molecule has 0 saturated heterocycles. The van der Waals surface area contributed by atoms with Crippen molar-refractivity contribution < 1.29 is 0 Å². The SMILES string of the molecule is C/C=C(\C=C/C(C)C)c1ccc(N(c2ccc(-c3ccccc3)cc2)c2cc(-c3ccccc3)c3c(c2)C(C)(C)c2cc4c(cc2-3)C(C)(C)c2ccccc2-4)cc1. The largest absolute Gasteiger partial charge is 0.310 e. The van der Waals surface area contributed by atoms with E-state index in [-0.39, 0.29) is 10.8 Å². The molecule has 0 bridgehead atoms. The van der Waals surface area contributed by atoms with Gasteiger partial charge in [0.1, 0.15) is 0 Å². The smallest absolute Gasteiger partial charge is 0.0471 e. The van der Waals surface area contributed by atoms with Crippen molar-refractivity contribution in [2.45, 2.75) is 59.3 Å². The summed E-state index contributed by atoms with van der Waals surface area (Å²) in [5.74, 6) is 0.492. The van der Waals surface area contributed by atoms with Gasteiger partial charge in [0.2, 0.25) is 0 Å². The summed E-state index contributed by atoms with van der Waals surface area (Å²) in [7, 11) is 0. The first kappa shape index (κ1) is 36.5. The van der Waals surface area contributed by atoms with Gasteiger partial charge in [-0.3, -0.25) is 0 Å². The van der Waals surface area contributed by atoms with Crippen LogP contribution in [0.1, 0.15) is 76.3 Å². The maximum Gasteiger partial charge on any atom is 0.0471 e. The Kier molecular flexibility index (Phi) is 9.01. The molecular formula is C56H51N. The van der Waals surface area contributed by atoms with E-state index in [2.05, 4.69) is 229 Å². The predicted molar refractivity (Wildman–Crippen MR) is 245 cm³/mol. The Morgan fingerprint density at radius 2 is 1.02 bits per heavy atom. The zero-order valence-electron chi connectivity index (χ0n) is 34.3. The van der Waals surface area contributed by atoms with Crippen molar-refractivity contribution in [2.24, 2.45) is 5.92 Å². The lowest BCUT2D eigenvalue weighted by Crippen LogP contribution is -2.17. The first-order valence-corrected chi connectivity index (χ1v) is 20.5. The number of benzene rings is 7. The molecule has 57 heavy (non-hydrogen) atoms. The summed E-state index contributed by atoms with van der Waals surface area (Å²) >= 11 is 0. The van der Waals surface area contributed by atoms with Crippen molar-refractivity contribution in [3.63, 3.8) is 0 Å². The minimum atomic E-state index is -0.225. The molecule has 0 heterocycles. The number of anilines is 3. The molecule has 280 valence electrons. The van der Waals surface area contributed by atoms with E-state index in [0.717, 1.165) is 17.1 Å². The molecule has 0 atom stereocenters. The third-order valence-corrected chi connectivity index (χ3v) is 12.5. The highest BCUT2D eigenvalue weighted by molar-refractivity contribution is 5.98. The standard InChI is InChI=1S/C56H51N/c1-8-38(24-23-37(2)3)40-25-29-43(30-26-40)57(44-31-27-41(28-32-44)39-17-11-9-12-18-39)45-33-47(42-19-13-10-14-20-42)54-49-36-51-48(35-52(49)56(6,7)53(54)34-45)46-21-15-16-22-50(46)55(51,4)5/h8-37H,1-7H3/b24-23-,38-8+. The summed E-state index contributed by atoms with van der Waals surface area (Å²) < 4.78 is 0. The van der Waals surface area contributed by atoms with Crippen LogP contribution in [0.25, 0.3) is 50.1 Å². The van der Waals surface area contributed by atoms with E-state index in [1.807, 2.05) is 0 Å². The third kappa shape index (κ3) is 6.18. The van der Waals surface area contributed by atoms with Crippen LogP contribution in [0.15, 0.2) is 176 Å².